The van der Waals surface area contributed by atoms with Crippen LogP contribution in [0.2, 0.25) is 10.0 Å². The fourth-order valence-electron chi connectivity index (χ4n) is 6.62. The normalized spacial score (nSPS) is 36.1. The first kappa shape index (κ1) is 20.0. The van der Waals surface area contributed by atoms with E-state index in [0.29, 0.717) is 53.3 Å². The molecule has 1 aromatic carbocycles. The van der Waals surface area contributed by atoms with Crippen molar-refractivity contribution in [3.8, 4) is 5.75 Å². The third-order valence-electron chi connectivity index (χ3n) is 8.10. The van der Waals surface area contributed by atoms with Gasteiger partial charge in [-0.3, -0.25) is 4.79 Å². The monoisotopic (exact) mass is 437 g/mol. The minimum atomic E-state index is -0.276. The third kappa shape index (κ3) is 3.66. The molecule has 0 aliphatic heterocycles. The van der Waals surface area contributed by atoms with Crippen LogP contribution in [-0.2, 0) is 4.79 Å². The van der Waals surface area contributed by atoms with E-state index >= 15 is 0 Å². The van der Waals surface area contributed by atoms with Crippen LogP contribution in [0.1, 0.15) is 51.4 Å². The number of carbonyl (C=O) groups excluding carboxylic acids is 1. The van der Waals surface area contributed by atoms with Crippen LogP contribution in [0.15, 0.2) is 18.2 Å². The zero-order valence-electron chi connectivity index (χ0n) is 16.6. The number of aliphatic hydroxyl groups is 1. The highest BCUT2D eigenvalue weighted by Crippen LogP contribution is 2.60. The molecule has 5 fully saturated rings. The summed E-state index contributed by atoms with van der Waals surface area (Å²) < 4.78 is 5.83. The molecule has 6 heteroatoms. The minimum Gasteiger partial charge on any atom is -0.492 e. The van der Waals surface area contributed by atoms with Crippen molar-refractivity contribution in [1.82, 2.24) is 5.32 Å². The standard InChI is InChI=1S/C23H29Cl2NO3/c24-17-1-2-19(18(25)9-17)29-6-5-23(3-4-23)21(28)26-20-15-7-14-8-16(20)12-22(10-14,11-15)13-27/h1-2,9,14-16,20,27H,3-8,10-13H2,(H,26,28). The summed E-state index contributed by atoms with van der Waals surface area (Å²) in [4.78, 5) is 13.2. The average Bonchev–Trinajstić information content (AvgIpc) is 3.47. The van der Waals surface area contributed by atoms with E-state index in [1.165, 1.54) is 19.3 Å². The van der Waals surface area contributed by atoms with E-state index in [1.807, 2.05) is 0 Å². The van der Waals surface area contributed by atoms with E-state index in [2.05, 4.69) is 5.32 Å². The first-order valence-corrected chi connectivity index (χ1v) is 11.7. The van der Waals surface area contributed by atoms with Gasteiger partial charge in [0.25, 0.3) is 0 Å². The number of hydrogen-bond donors (Lipinski definition) is 2. The van der Waals surface area contributed by atoms with Crippen LogP contribution in [0.5, 0.6) is 5.75 Å². The molecule has 6 rings (SSSR count). The fourth-order valence-corrected chi connectivity index (χ4v) is 7.08. The van der Waals surface area contributed by atoms with E-state index in [9.17, 15) is 9.90 Å². The fraction of sp³-hybridized carbons (Fsp3) is 0.696. The first-order valence-electron chi connectivity index (χ1n) is 10.9. The van der Waals surface area contributed by atoms with Crippen molar-refractivity contribution < 1.29 is 14.6 Å². The Bertz CT molecular complexity index is 793. The summed E-state index contributed by atoms with van der Waals surface area (Å²) in [5, 5.41) is 14.5. The number of ether oxygens (including phenoxy) is 1. The highest BCUT2D eigenvalue weighted by molar-refractivity contribution is 6.35. The van der Waals surface area contributed by atoms with Gasteiger partial charge in [-0.15, -0.1) is 0 Å². The van der Waals surface area contributed by atoms with Gasteiger partial charge in [0.1, 0.15) is 5.75 Å². The number of aliphatic hydroxyl groups excluding tert-OH is 1. The molecule has 5 saturated carbocycles. The van der Waals surface area contributed by atoms with Crippen LogP contribution in [0.25, 0.3) is 0 Å². The molecule has 2 N–H and O–H groups in total. The highest BCUT2D eigenvalue weighted by Gasteiger charge is 2.57. The quantitative estimate of drug-likeness (QED) is 0.640. The average molecular weight is 438 g/mol. The Balaban J connectivity index is 1.18. The summed E-state index contributed by atoms with van der Waals surface area (Å²) in [6, 6.07) is 5.50. The van der Waals surface area contributed by atoms with E-state index < -0.39 is 0 Å². The lowest BCUT2D eigenvalue weighted by molar-refractivity contribution is -0.135. The largest absolute Gasteiger partial charge is 0.492 e. The van der Waals surface area contributed by atoms with Gasteiger partial charge in [-0.05, 0) is 92.7 Å². The number of carbonyl (C=O) groups is 1. The molecule has 29 heavy (non-hydrogen) atoms. The minimum absolute atomic E-state index is 0.140. The highest BCUT2D eigenvalue weighted by atomic mass is 35.5. The Labute approximate surface area is 182 Å². The van der Waals surface area contributed by atoms with Crippen LogP contribution < -0.4 is 10.1 Å². The van der Waals surface area contributed by atoms with Crippen molar-refractivity contribution in [3.05, 3.63) is 28.2 Å². The van der Waals surface area contributed by atoms with Gasteiger partial charge in [-0.25, -0.2) is 0 Å². The first-order chi connectivity index (χ1) is 13.9. The zero-order chi connectivity index (χ0) is 20.2. The summed E-state index contributed by atoms with van der Waals surface area (Å²) in [6.45, 7) is 0.785. The van der Waals surface area contributed by atoms with Crippen molar-refractivity contribution in [2.75, 3.05) is 13.2 Å². The molecular formula is C23H29Cl2NO3. The van der Waals surface area contributed by atoms with E-state index in [1.54, 1.807) is 18.2 Å². The second kappa shape index (κ2) is 7.32. The third-order valence-corrected chi connectivity index (χ3v) is 8.63. The summed E-state index contributed by atoms with van der Waals surface area (Å²) >= 11 is 12.1. The van der Waals surface area contributed by atoms with Crippen molar-refractivity contribution in [3.63, 3.8) is 0 Å². The van der Waals surface area contributed by atoms with Gasteiger partial charge in [0.05, 0.1) is 17.0 Å². The second-order valence-electron chi connectivity index (χ2n) is 10.1. The van der Waals surface area contributed by atoms with Crippen molar-refractivity contribution in [1.29, 1.82) is 0 Å². The molecule has 0 saturated heterocycles. The summed E-state index contributed by atoms with van der Waals surface area (Å²) in [6.07, 6.45) is 8.35. The lowest BCUT2D eigenvalue weighted by Gasteiger charge is -2.59. The van der Waals surface area contributed by atoms with Gasteiger partial charge in [0, 0.05) is 17.7 Å². The molecule has 4 nitrogen and oxygen atoms in total. The number of benzene rings is 1. The number of amides is 1. The zero-order valence-corrected chi connectivity index (χ0v) is 18.1. The Kier molecular flexibility index (Phi) is 5.04. The summed E-state index contributed by atoms with van der Waals surface area (Å²) in [5.41, 5.74) is -0.136. The van der Waals surface area contributed by atoms with Gasteiger partial charge in [0.15, 0.2) is 0 Å². The molecule has 0 radical (unpaired) electrons. The maximum Gasteiger partial charge on any atom is 0.226 e. The van der Waals surface area contributed by atoms with Crippen LogP contribution in [0, 0.1) is 28.6 Å². The molecule has 0 spiro atoms. The molecule has 1 aromatic rings. The Morgan fingerprint density at radius 3 is 2.52 bits per heavy atom. The molecule has 2 atom stereocenters. The molecular weight excluding hydrogens is 409 g/mol. The van der Waals surface area contributed by atoms with E-state index in [-0.39, 0.29) is 16.7 Å². The summed E-state index contributed by atoms with van der Waals surface area (Å²) in [7, 11) is 0. The molecule has 5 aliphatic carbocycles. The topological polar surface area (TPSA) is 58.6 Å². The van der Waals surface area contributed by atoms with E-state index in [0.717, 1.165) is 31.6 Å². The van der Waals surface area contributed by atoms with Crippen LogP contribution in [0.4, 0.5) is 0 Å². The predicted octanol–water partition coefficient (Wildman–Crippen LogP) is 4.85. The molecule has 4 bridgehead atoms. The molecule has 5 aliphatic rings. The Morgan fingerprint density at radius 1 is 1.17 bits per heavy atom. The molecule has 2 unspecified atom stereocenters. The number of halogens is 2. The van der Waals surface area contributed by atoms with Crippen LogP contribution in [0.3, 0.4) is 0 Å². The van der Waals surface area contributed by atoms with Gasteiger partial charge in [-0.1, -0.05) is 23.2 Å². The van der Waals surface area contributed by atoms with Crippen molar-refractivity contribution >= 4 is 29.1 Å². The van der Waals surface area contributed by atoms with Crippen molar-refractivity contribution in [2.45, 2.75) is 57.4 Å². The van der Waals surface area contributed by atoms with Crippen LogP contribution >= 0.6 is 23.2 Å². The van der Waals surface area contributed by atoms with Crippen LogP contribution in [-0.4, -0.2) is 30.3 Å². The number of nitrogens with one attached hydrogen (secondary N) is 1. The van der Waals surface area contributed by atoms with E-state index in [4.69, 9.17) is 27.9 Å². The second-order valence-corrected chi connectivity index (χ2v) is 10.9. The molecule has 158 valence electrons. The molecule has 1 amide bonds. The maximum absolute atomic E-state index is 13.2. The SMILES string of the molecule is O=C(NC1C2CC3CC1CC(CO)(C3)C2)C1(CCOc2ccc(Cl)cc2Cl)CC1. The van der Waals surface area contributed by atoms with Gasteiger partial charge < -0.3 is 15.2 Å². The lowest BCUT2D eigenvalue weighted by Crippen LogP contribution is -2.60. The Morgan fingerprint density at radius 2 is 1.90 bits per heavy atom. The van der Waals surface area contributed by atoms with Crippen molar-refractivity contribution in [2.24, 2.45) is 28.6 Å². The maximum atomic E-state index is 13.2. The van der Waals surface area contributed by atoms with Gasteiger partial charge in [0.2, 0.25) is 5.91 Å². The smallest absolute Gasteiger partial charge is 0.226 e. The number of rotatable bonds is 7. The lowest BCUT2D eigenvalue weighted by atomic mass is 9.48. The molecule has 0 aromatic heterocycles. The molecule has 0 heterocycles. The number of hydrogen-bond acceptors (Lipinski definition) is 3. The summed E-state index contributed by atoms with van der Waals surface area (Å²) in [5.74, 6) is 2.65. The van der Waals surface area contributed by atoms with Gasteiger partial charge >= 0.3 is 0 Å². The Hall–Kier alpha value is -0.970. The predicted molar refractivity (Wildman–Crippen MR) is 113 cm³/mol. The van der Waals surface area contributed by atoms with Gasteiger partial charge in [-0.2, -0.15) is 0 Å².